The maximum Gasteiger partial charge on any atom is 0.143 e. The van der Waals surface area contributed by atoms with Crippen LogP contribution in [-0.2, 0) is 17.3 Å². The molecule has 1 heterocycles. The van der Waals surface area contributed by atoms with Crippen LogP contribution in [0.2, 0.25) is 0 Å². The zero-order valence-corrected chi connectivity index (χ0v) is 10.9. The molecule has 0 aliphatic carbocycles. The average molecular weight is 260 g/mol. The fourth-order valence-electron chi connectivity index (χ4n) is 1.43. The summed E-state index contributed by atoms with van der Waals surface area (Å²) in [4.78, 5) is 0. The highest BCUT2D eigenvalue weighted by molar-refractivity contribution is 9.08. The van der Waals surface area contributed by atoms with Gasteiger partial charge in [0.05, 0.1) is 5.33 Å². The number of alkyl halides is 1. The summed E-state index contributed by atoms with van der Waals surface area (Å²) in [5.41, 5.74) is 0.115. The second kappa shape index (κ2) is 4.43. The lowest BCUT2D eigenvalue weighted by atomic mass is 9.89. The van der Waals surface area contributed by atoms with Gasteiger partial charge in [0.2, 0.25) is 0 Å². The lowest BCUT2D eigenvalue weighted by Gasteiger charge is -2.22. The molecule has 0 aliphatic heterocycles. The van der Waals surface area contributed by atoms with Crippen molar-refractivity contribution < 1.29 is 0 Å². The Morgan fingerprint density at radius 3 is 2.36 bits per heavy atom. The maximum atomic E-state index is 4.28. The zero-order valence-electron chi connectivity index (χ0n) is 9.34. The minimum Gasteiger partial charge on any atom is -0.314 e. The quantitative estimate of drug-likeness (QED) is 0.779. The van der Waals surface area contributed by atoms with Crippen molar-refractivity contribution in [1.29, 1.82) is 0 Å². The minimum atomic E-state index is 0.115. The Labute approximate surface area is 94.0 Å². The fourth-order valence-corrected chi connectivity index (χ4v) is 1.84. The van der Waals surface area contributed by atoms with Gasteiger partial charge in [0, 0.05) is 12.0 Å². The predicted molar refractivity (Wildman–Crippen MR) is 61.6 cm³/mol. The SMILES string of the molecule is CCn1c(CBr)nnc1C(C)(C)CC. The molecule has 1 aromatic heterocycles. The van der Waals surface area contributed by atoms with E-state index in [1.54, 1.807) is 0 Å². The second-order valence-corrected chi connectivity index (χ2v) is 4.62. The summed E-state index contributed by atoms with van der Waals surface area (Å²) in [5.74, 6) is 2.11. The molecule has 0 N–H and O–H groups in total. The topological polar surface area (TPSA) is 30.7 Å². The van der Waals surface area contributed by atoms with E-state index in [2.05, 4.69) is 58.4 Å². The molecule has 0 amide bonds. The Hall–Kier alpha value is -0.380. The zero-order chi connectivity index (χ0) is 10.8. The average Bonchev–Trinajstić information content (AvgIpc) is 2.60. The number of nitrogens with zero attached hydrogens (tertiary/aromatic N) is 3. The maximum absolute atomic E-state index is 4.28. The van der Waals surface area contributed by atoms with Crippen LogP contribution in [0.15, 0.2) is 0 Å². The molecule has 4 heteroatoms. The molecule has 80 valence electrons. The fraction of sp³-hybridized carbons (Fsp3) is 0.800. The molecule has 0 unspecified atom stereocenters. The van der Waals surface area contributed by atoms with Crippen LogP contribution in [0.4, 0.5) is 0 Å². The summed E-state index contributed by atoms with van der Waals surface area (Å²) in [5, 5.41) is 9.24. The third-order valence-electron chi connectivity index (χ3n) is 2.75. The number of hydrogen-bond donors (Lipinski definition) is 0. The molecular weight excluding hydrogens is 242 g/mol. The third kappa shape index (κ3) is 2.00. The van der Waals surface area contributed by atoms with Crippen molar-refractivity contribution in [2.45, 2.75) is 51.4 Å². The van der Waals surface area contributed by atoms with Crippen LogP contribution in [-0.4, -0.2) is 14.8 Å². The van der Waals surface area contributed by atoms with Crippen molar-refractivity contribution in [2.24, 2.45) is 0 Å². The molecule has 1 aromatic rings. The van der Waals surface area contributed by atoms with E-state index in [1.807, 2.05) is 0 Å². The monoisotopic (exact) mass is 259 g/mol. The van der Waals surface area contributed by atoms with Crippen LogP contribution in [0.3, 0.4) is 0 Å². The third-order valence-corrected chi connectivity index (χ3v) is 3.25. The molecule has 0 aromatic carbocycles. The smallest absolute Gasteiger partial charge is 0.143 e. The summed E-state index contributed by atoms with van der Waals surface area (Å²) < 4.78 is 2.19. The van der Waals surface area contributed by atoms with Gasteiger partial charge in [-0.05, 0) is 13.3 Å². The van der Waals surface area contributed by atoms with Crippen molar-refractivity contribution in [2.75, 3.05) is 0 Å². The molecule has 0 saturated carbocycles. The molecule has 0 bridgehead atoms. The van der Waals surface area contributed by atoms with Gasteiger partial charge in [-0.1, -0.05) is 36.7 Å². The Balaban J connectivity index is 3.15. The van der Waals surface area contributed by atoms with Gasteiger partial charge in [0.25, 0.3) is 0 Å². The molecule has 0 atom stereocenters. The highest BCUT2D eigenvalue weighted by Crippen LogP contribution is 2.25. The van der Waals surface area contributed by atoms with Gasteiger partial charge >= 0.3 is 0 Å². The molecule has 0 radical (unpaired) electrons. The number of halogens is 1. The Bertz CT molecular complexity index is 304. The van der Waals surface area contributed by atoms with Crippen molar-refractivity contribution in [3.8, 4) is 0 Å². The van der Waals surface area contributed by atoms with Crippen molar-refractivity contribution in [3.63, 3.8) is 0 Å². The highest BCUT2D eigenvalue weighted by atomic mass is 79.9. The van der Waals surface area contributed by atoms with Crippen molar-refractivity contribution >= 4 is 15.9 Å². The predicted octanol–water partition coefficient (Wildman–Crippen LogP) is 2.88. The van der Waals surface area contributed by atoms with Gasteiger partial charge in [0.1, 0.15) is 11.6 Å². The van der Waals surface area contributed by atoms with E-state index in [4.69, 9.17) is 0 Å². The van der Waals surface area contributed by atoms with E-state index in [0.717, 1.165) is 29.9 Å². The summed E-state index contributed by atoms with van der Waals surface area (Å²) in [6.45, 7) is 9.67. The molecular formula is C10H18BrN3. The first-order chi connectivity index (χ1) is 6.56. The lowest BCUT2D eigenvalue weighted by Crippen LogP contribution is -2.22. The first kappa shape index (κ1) is 11.7. The largest absolute Gasteiger partial charge is 0.314 e. The van der Waals surface area contributed by atoms with E-state index in [-0.39, 0.29) is 5.41 Å². The first-order valence-corrected chi connectivity index (χ1v) is 6.17. The Morgan fingerprint density at radius 1 is 1.29 bits per heavy atom. The van der Waals surface area contributed by atoms with E-state index >= 15 is 0 Å². The molecule has 0 aliphatic rings. The second-order valence-electron chi connectivity index (χ2n) is 4.06. The Morgan fingerprint density at radius 2 is 1.93 bits per heavy atom. The minimum absolute atomic E-state index is 0.115. The molecule has 14 heavy (non-hydrogen) atoms. The Kier molecular flexibility index (Phi) is 3.70. The van der Waals surface area contributed by atoms with E-state index < -0.39 is 0 Å². The summed E-state index contributed by atoms with van der Waals surface area (Å²) in [6, 6.07) is 0. The molecule has 0 spiro atoms. The molecule has 1 rings (SSSR count). The van der Waals surface area contributed by atoms with Gasteiger partial charge in [-0.2, -0.15) is 0 Å². The number of aromatic nitrogens is 3. The van der Waals surface area contributed by atoms with Crippen LogP contribution in [0.1, 0.15) is 45.8 Å². The van der Waals surface area contributed by atoms with Gasteiger partial charge < -0.3 is 4.57 Å². The van der Waals surface area contributed by atoms with Crippen LogP contribution in [0, 0.1) is 0 Å². The van der Waals surface area contributed by atoms with Crippen LogP contribution >= 0.6 is 15.9 Å². The van der Waals surface area contributed by atoms with Gasteiger partial charge in [-0.25, -0.2) is 0 Å². The van der Waals surface area contributed by atoms with Gasteiger partial charge in [-0.15, -0.1) is 10.2 Å². The number of rotatable bonds is 4. The molecule has 3 nitrogen and oxygen atoms in total. The summed E-state index contributed by atoms with van der Waals surface area (Å²) in [6.07, 6.45) is 1.08. The van der Waals surface area contributed by atoms with Gasteiger partial charge in [-0.3, -0.25) is 0 Å². The summed E-state index contributed by atoms with van der Waals surface area (Å²) in [7, 11) is 0. The van der Waals surface area contributed by atoms with Gasteiger partial charge in [0.15, 0.2) is 0 Å². The van der Waals surface area contributed by atoms with E-state index in [1.165, 1.54) is 0 Å². The molecule has 0 fully saturated rings. The standard InChI is InChI=1S/C10H18BrN3/c1-5-10(3,4)9-13-12-8(7-11)14(9)6-2/h5-7H2,1-4H3. The van der Waals surface area contributed by atoms with Crippen LogP contribution in [0.25, 0.3) is 0 Å². The van der Waals surface area contributed by atoms with E-state index in [0.29, 0.717) is 0 Å². The molecule has 0 saturated heterocycles. The van der Waals surface area contributed by atoms with E-state index in [9.17, 15) is 0 Å². The lowest BCUT2D eigenvalue weighted by molar-refractivity contribution is 0.444. The van der Waals surface area contributed by atoms with Crippen molar-refractivity contribution in [3.05, 3.63) is 11.6 Å². The first-order valence-electron chi connectivity index (χ1n) is 5.05. The van der Waals surface area contributed by atoms with Crippen molar-refractivity contribution in [1.82, 2.24) is 14.8 Å². The summed E-state index contributed by atoms with van der Waals surface area (Å²) >= 11 is 3.43. The van der Waals surface area contributed by atoms with Crippen LogP contribution < -0.4 is 0 Å². The number of hydrogen-bond acceptors (Lipinski definition) is 2. The highest BCUT2D eigenvalue weighted by Gasteiger charge is 2.25. The van der Waals surface area contributed by atoms with Crippen LogP contribution in [0.5, 0.6) is 0 Å². The normalized spacial score (nSPS) is 12.1.